The summed E-state index contributed by atoms with van der Waals surface area (Å²) in [6.07, 6.45) is 9.57. The molecule has 2 saturated carbocycles. The maximum atomic E-state index is 5.72. The summed E-state index contributed by atoms with van der Waals surface area (Å²) < 4.78 is 16.4. The summed E-state index contributed by atoms with van der Waals surface area (Å²) in [4.78, 5) is 0. The molecule has 0 radical (unpaired) electrons. The van der Waals surface area contributed by atoms with Gasteiger partial charge in [-0.2, -0.15) is 0 Å². The quantitative estimate of drug-likeness (QED) is 0.733. The third-order valence-corrected chi connectivity index (χ3v) is 7.12. The molecule has 3 aliphatic rings. The number of fused-ring (bicyclic) bond motifs is 5. The molecule has 0 spiro atoms. The van der Waals surface area contributed by atoms with E-state index in [4.69, 9.17) is 14.2 Å². The zero-order valence-electron chi connectivity index (χ0n) is 15.3. The van der Waals surface area contributed by atoms with Gasteiger partial charge in [0.2, 0.25) is 0 Å². The van der Waals surface area contributed by atoms with Crippen LogP contribution in [0.2, 0.25) is 0 Å². The van der Waals surface area contributed by atoms with Crippen molar-refractivity contribution in [2.45, 2.75) is 57.8 Å². The third-order valence-electron chi connectivity index (χ3n) is 7.12. The van der Waals surface area contributed by atoms with E-state index in [0.29, 0.717) is 5.41 Å². The van der Waals surface area contributed by atoms with Gasteiger partial charge in [-0.25, -0.2) is 0 Å². The van der Waals surface area contributed by atoms with Gasteiger partial charge in [-0.15, -0.1) is 0 Å². The van der Waals surface area contributed by atoms with E-state index < -0.39 is 0 Å². The van der Waals surface area contributed by atoms with Crippen molar-refractivity contribution in [3.63, 3.8) is 0 Å². The molecule has 2 fully saturated rings. The Hall–Kier alpha value is -1.22. The molecule has 3 nitrogen and oxygen atoms in total. The molecule has 24 heavy (non-hydrogen) atoms. The average Bonchev–Trinajstić information content (AvgIpc) is 3.00. The lowest BCUT2D eigenvalue weighted by atomic mass is 9.56. The maximum Gasteiger partial charge on any atom is 0.188 e. The molecule has 0 saturated heterocycles. The van der Waals surface area contributed by atoms with Crippen LogP contribution in [0.25, 0.3) is 0 Å². The molecule has 0 heterocycles. The van der Waals surface area contributed by atoms with Crippen LogP contribution in [-0.2, 0) is 11.2 Å². The Balaban J connectivity index is 1.66. The van der Waals surface area contributed by atoms with Crippen molar-refractivity contribution in [2.24, 2.45) is 17.3 Å². The molecule has 3 aliphatic carbocycles. The average molecular weight is 330 g/mol. The van der Waals surface area contributed by atoms with Gasteiger partial charge in [0.25, 0.3) is 0 Å². The lowest BCUT2D eigenvalue weighted by molar-refractivity contribution is 0.0482. The van der Waals surface area contributed by atoms with Crippen LogP contribution in [-0.4, -0.2) is 21.0 Å². The monoisotopic (exact) mass is 330 g/mol. The van der Waals surface area contributed by atoms with E-state index in [1.807, 2.05) is 0 Å². The molecule has 1 aromatic carbocycles. The van der Waals surface area contributed by atoms with Gasteiger partial charge in [0.05, 0.1) is 7.11 Å². The summed E-state index contributed by atoms with van der Waals surface area (Å²) in [5, 5.41) is 0. The zero-order valence-corrected chi connectivity index (χ0v) is 15.3. The Kier molecular flexibility index (Phi) is 4.24. The fourth-order valence-corrected chi connectivity index (χ4v) is 5.97. The van der Waals surface area contributed by atoms with Crippen molar-refractivity contribution in [1.82, 2.24) is 0 Å². The minimum absolute atomic E-state index is 0.266. The number of ether oxygens (including phenoxy) is 3. The van der Waals surface area contributed by atoms with Crippen LogP contribution in [0, 0.1) is 17.3 Å². The lowest BCUT2D eigenvalue weighted by Crippen LogP contribution is -2.39. The van der Waals surface area contributed by atoms with Crippen LogP contribution in [0.5, 0.6) is 11.5 Å². The summed E-state index contributed by atoms with van der Waals surface area (Å²) in [7, 11) is 3.38. The molecule has 1 aromatic rings. The number of hydrogen-bond acceptors (Lipinski definition) is 3. The largest absolute Gasteiger partial charge is 0.493 e. The molecule has 0 aliphatic heterocycles. The molecule has 4 unspecified atom stereocenters. The van der Waals surface area contributed by atoms with Gasteiger partial charge in [-0.3, -0.25) is 0 Å². The van der Waals surface area contributed by atoms with E-state index >= 15 is 0 Å². The molecule has 0 N–H and O–H groups in total. The van der Waals surface area contributed by atoms with Crippen molar-refractivity contribution in [1.29, 1.82) is 0 Å². The van der Waals surface area contributed by atoms with Crippen molar-refractivity contribution < 1.29 is 14.2 Å². The highest BCUT2D eigenvalue weighted by atomic mass is 16.7. The summed E-state index contributed by atoms with van der Waals surface area (Å²) in [6.45, 7) is 2.82. The molecule has 0 amide bonds. The highest BCUT2D eigenvalue weighted by Crippen LogP contribution is 2.61. The van der Waals surface area contributed by atoms with E-state index in [9.17, 15) is 0 Å². The number of aryl methyl sites for hydroxylation is 1. The highest BCUT2D eigenvalue weighted by molar-refractivity contribution is 5.50. The molecule has 4 atom stereocenters. The second-order valence-electron chi connectivity index (χ2n) is 8.25. The summed E-state index contributed by atoms with van der Waals surface area (Å²) in [5.74, 6) is 4.19. The predicted octanol–water partition coefficient (Wildman–Crippen LogP) is 4.92. The van der Waals surface area contributed by atoms with E-state index in [2.05, 4.69) is 19.1 Å². The van der Waals surface area contributed by atoms with Gasteiger partial charge in [-0.05, 0) is 85.0 Å². The molecule has 3 heteroatoms. The summed E-state index contributed by atoms with van der Waals surface area (Å²) in [6, 6.07) is 4.46. The molecule has 132 valence electrons. The Labute approximate surface area is 145 Å². The summed E-state index contributed by atoms with van der Waals surface area (Å²) >= 11 is 0. The van der Waals surface area contributed by atoms with Crippen molar-refractivity contribution in [2.75, 3.05) is 21.0 Å². The first kappa shape index (κ1) is 16.3. The smallest absolute Gasteiger partial charge is 0.188 e. The van der Waals surface area contributed by atoms with Gasteiger partial charge in [0.15, 0.2) is 18.3 Å². The van der Waals surface area contributed by atoms with Crippen LogP contribution >= 0.6 is 0 Å². The predicted molar refractivity (Wildman–Crippen MR) is 94.7 cm³/mol. The fourth-order valence-electron chi connectivity index (χ4n) is 5.97. The third kappa shape index (κ3) is 2.52. The van der Waals surface area contributed by atoms with Crippen LogP contribution in [0.1, 0.15) is 62.5 Å². The van der Waals surface area contributed by atoms with Crippen molar-refractivity contribution in [3.05, 3.63) is 23.3 Å². The number of methoxy groups -OCH3 is 2. The van der Waals surface area contributed by atoms with E-state index in [1.54, 1.807) is 14.2 Å². The minimum atomic E-state index is 0.266. The van der Waals surface area contributed by atoms with Gasteiger partial charge < -0.3 is 14.2 Å². The lowest BCUT2D eigenvalue weighted by Gasteiger charge is -2.49. The molecule has 0 aromatic heterocycles. The second-order valence-corrected chi connectivity index (χ2v) is 8.25. The molecular weight excluding hydrogens is 300 g/mol. The fraction of sp³-hybridized carbons (Fsp3) is 0.714. The normalized spacial score (nSPS) is 34.2. The van der Waals surface area contributed by atoms with Crippen LogP contribution in [0.3, 0.4) is 0 Å². The minimum Gasteiger partial charge on any atom is -0.493 e. The van der Waals surface area contributed by atoms with Crippen molar-refractivity contribution >= 4 is 0 Å². The van der Waals surface area contributed by atoms with Gasteiger partial charge in [0, 0.05) is 7.11 Å². The van der Waals surface area contributed by atoms with Crippen LogP contribution in [0.15, 0.2) is 12.1 Å². The molecular formula is C21H30O3. The van der Waals surface area contributed by atoms with E-state index in [-0.39, 0.29) is 6.79 Å². The first-order valence-electron chi connectivity index (χ1n) is 9.49. The summed E-state index contributed by atoms with van der Waals surface area (Å²) in [5.41, 5.74) is 3.61. The Morgan fingerprint density at radius 3 is 2.75 bits per heavy atom. The zero-order chi connectivity index (χ0) is 16.7. The Morgan fingerprint density at radius 2 is 1.96 bits per heavy atom. The second kappa shape index (κ2) is 6.25. The van der Waals surface area contributed by atoms with Gasteiger partial charge in [-0.1, -0.05) is 13.3 Å². The standard InChI is InChI=1S/C21H30O3/c1-21-9-4-5-18(21)16-7-6-14-11-20(24-13-22-2)19(23-3)12-17(14)15(16)8-10-21/h11-12,15-16,18H,4-10,13H2,1-3H3. The van der Waals surface area contributed by atoms with Gasteiger partial charge >= 0.3 is 0 Å². The Morgan fingerprint density at radius 1 is 1.08 bits per heavy atom. The molecule has 0 bridgehead atoms. The topological polar surface area (TPSA) is 27.7 Å². The first-order chi connectivity index (χ1) is 11.7. The molecule has 4 rings (SSSR count). The number of rotatable bonds is 4. The van der Waals surface area contributed by atoms with Gasteiger partial charge in [0.1, 0.15) is 0 Å². The number of hydrogen-bond donors (Lipinski definition) is 0. The van der Waals surface area contributed by atoms with E-state index in [0.717, 1.165) is 29.3 Å². The van der Waals surface area contributed by atoms with Crippen LogP contribution in [0.4, 0.5) is 0 Å². The number of benzene rings is 1. The van der Waals surface area contributed by atoms with E-state index in [1.165, 1.54) is 56.1 Å². The highest BCUT2D eigenvalue weighted by Gasteiger charge is 2.50. The SMILES string of the molecule is COCOc1cc2c(cc1OC)C1CCC3(C)CCCC3C1CC2. The maximum absolute atomic E-state index is 5.72. The first-order valence-corrected chi connectivity index (χ1v) is 9.49. The van der Waals surface area contributed by atoms with Crippen LogP contribution < -0.4 is 9.47 Å². The van der Waals surface area contributed by atoms with Crippen molar-refractivity contribution in [3.8, 4) is 11.5 Å². The Bertz CT molecular complexity index is 611.